The minimum atomic E-state index is 0.871. The molecule has 0 saturated heterocycles. The topological polar surface area (TPSA) is 37.1 Å². The summed E-state index contributed by atoms with van der Waals surface area (Å²) in [6.07, 6.45) is 6.03. The maximum Gasteiger partial charge on any atom is 0.108 e. The zero-order chi connectivity index (χ0) is 12.1. The molecule has 16 heavy (non-hydrogen) atoms. The Kier molecular flexibility index (Phi) is 4.68. The Hall–Kier alpha value is -1.16. The van der Waals surface area contributed by atoms with Crippen LogP contribution in [0.3, 0.4) is 0 Å². The van der Waals surface area contributed by atoms with Crippen LogP contribution in [0.15, 0.2) is 38.4 Å². The number of thioether (sulfide) groups is 1. The highest BCUT2D eigenvalue weighted by Crippen LogP contribution is 2.18. The van der Waals surface area contributed by atoms with Gasteiger partial charge in [0.1, 0.15) is 5.71 Å². The molecule has 0 heterocycles. The monoisotopic (exact) mass is 235 g/mol. The van der Waals surface area contributed by atoms with Crippen molar-refractivity contribution in [3.63, 3.8) is 0 Å². The van der Waals surface area contributed by atoms with Gasteiger partial charge in [0.2, 0.25) is 0 Å². The molecule has 0 spiro atoms. The molecular weight excluding hydrogens is 218 g/mol. The standard InChI is InChI=1S/C12H17N3S/c1-8-6-7-10(13-3)12(14-4)11(8)15-9(2)16-5/h6-7H,1-5H3/b13-10-,14-12+,15-9+. The van der Waals surface area contributed by atoms with E-state index in [1.165, 1.54) is 0 Å². The zero-order valence-electron chi connectivity index (χ0n) is 10.4. The summed E-state index contributed by atoms with van der Waals surface area (Å²) < 4.78 is 0. The van der Waals surface area contributed by atoms with E-state index >= 15 is 0 Å². The van der Waals surface area contributed by atoms with Crippen LogP contribution in [-0.2, 0) is 0 Å². The number of hydrogen-bond donors (Lipinski definition) is 0. The van der Waals surface area contributed by atoms with Gasteiger partial charge in [-0.3, -0.25) is 9.98 Å². The Morgan fingerprint density at radius 1 is 1.19 bits per heavy atom. The highest BCUT2D eigenvalue weighted by Gasteiger charge is 2.16. The first-order chi connectivity index (χ1) is 7.63. The first-order valence-corrected chi connectivity index (χ1v) is 6.29. The van der Waals surface area contributed by atoms with E-state index in [0.29, 0.717) is 0 Å². The fourth-order valence-electron chi connectivity index (χ4n) is 1.41. The molecule has 4 heteroatoms. The molecule has 1 rings (SSSR count). The smallest absolute Gasteiger partial charge is 0.108 e. The molecule has 0 saturated carbocycles. The SMILES string of the molecule is C/N=C1/C=CC(C)=C(/N=C(\C)SC)/C1=N/C. The summed E-state index contributed by atoms with van der Waals surface area (Å²) in [5.41, 5.74) is 3.82. The van der Waals surface area contributed by atoms with Crippen molar-refractivity contribution in [3.05, 3.63) is 23.4 Å². The van der Waals surface area contributed by atoms with Gasteiger partial charge in [-0.25, -0.2) is 4.99 Å². The number of allylic oxidation sites excluding steroid dienone is 4. The van der Waals surface area contributed by atoms with Crippen LogP contribution in [0.5, 0.6) is 0 Å². The molecule has 86 valence electrons. The van der Waals surface area contributed by atoms with Gasteiger partial charge in [0.15, 0.2) is 0 Å². The van der Waals surface area contributed by atoms with E-state index in [9.17, 15) is 0 Å². The molecule has 0 unspecified atom stereocenters. The minimum Gasteiger partial charge on any atom is -0.286 e. The molecule has 0 amide bonds. The summed E-state index contributed by atoms with van der Waals surface area (Å²) in [6.45, 7) is 4.04. The van der Waals surface area contributed by atoms with E-state index < -0.39 is 0 Å². The lowest BCUT2D eigenvalue weighted by atomic mass is 10.0. The van der Waals surface area contributed by atoms with E-state index in [2.05, 4.69) is 15.0 Å². The second kappa shape index (κ2) is 5.80. The van der Waals surface area contributed by atoms with Crippen LogP contribution in [0.25, 0.3) is 0 Å². The molecule has 3 nitrogen and oxygen atoms in total. The van der Waals surface area contributed by atoms with Gasteiger partial charge in [-0.15, -0.1) is 11.8 Å². The van der Waals surface area contributed by atoms with Crippen LogP contribution in [0.4, 0.5) is 0 Å². The predicted octanol–water partition coefficient (Wildman–Crippen LogP) is 2.75. The van der Waals surface area contributed by atoms with E-state index in [0.717, 1.165) is 27.7 Å². The maximum absolute atomic E-state index is 4.58. The van der Waals surface area contributed by atoms with E-state index in [1.54, 1.807) is 25.9 Å². The van der Waals surface area contributed by atoms with Gasteiger partial charge in [0.25, 0.3) is 0 Å². The summed E-state index contributed by atoms with van der Waals surface area (Å²) in [4.78, 5) is 13.1. The highest BCUT2D eigenvalue weighted by molar-refractivity contribution is 8.13. The Labute approximate surface area is 101 Å². The molecule has 0 bridgehead atoms. The van der Waals surface area contributed by atoms with Crippen molar-refractivity contribution >= 4 is 28.2 Å². The Morgan fingerprint density at radius 2 is 1.88 bits per heavy atom. The molecule has 0 aliphatic heterocycles. The fraction of sp³-hybridized carbons (Fsp3) is 0.417. The molecule has 0 aromatic heterocycles. The maximum atomic E-state index is 4.58. The molecule has 0 fully saturated rings. The summed E-state index contributed by atoms with van der Waals surface area (Å²) in [5.74, 6) is 0. The van der Waals surface area contributed by atoms with Crippen LogP contribution < -0.4 is 0 Å². The number of rotatable bonds is 1. The van der Waals surface area contributed by atoms with Crippen LogP contribution >= 0.6 is 11.8 Å². The fourth-order valence-corrected chi connectivity index (χ4v) is 1.60. The Bertz CT molecular complexity index is 426. The van der Waals surface area contributed by atoms with E-state index in [-0.39, 0.29) is 0 Å². The number of aliphatic imine (C=N–C) groups is 3. The van der Waals surface area contributed by atoms with Crippen molar-refractivity contribution in [3.8, 4) is 0 Å². The molecule has 0 aromatic carbocycles. The molecule has 0 atom stereocenters. The lowest BCUT2D eigenvalue weighted by molar-refractivity contribution is 1.31. The molecular formula is C12H17N3S. The summed E-state index contributed by atoms with van der Waals surface area (Å²) in [7, 11) is 3.55. The van der Waals surface area contributed by atoms with Gasteiger partial charge < -0.3 is 0 Å². The molecule has 0 radical (unpaired) electrons. The largest absolute Gasteiger partial charge is 0.286 e. The van der Waals surface area contributed by atoms with Crippen LogP contribution in [0.2, 0.25) is 0 Å². The van der Waals surface area contributed by atoms with Crippen molar-refractivity contribution < 1.29 is 0 Å². The average Bonchev–Trinajstić information content (AvgIpc) is 2.31. The summed E-state index contributed by atoms with van der Waals surface area (Å²) in [5, 5.41) is 1.03. The van der Waals surface area contributed by atoms with Crippen LogP contribution in [-0.4, -0.2) is 36.8 Å². The highest BCUT2D eigenvalue weighted by atomic mass is 32.2. The van der Waals surface area contributed by atoms with Gasteiger partial charge in [-0.2, -0.15) is 0 Å². The summed E-state index contributed by atoms with van der Waals surface area (Å²) in [6, 6.07) is 0. The normalized spacial score (nSPS) is 22.4. The molecule has 1 aliphatic rings. The lowest BCUT2D eigenvalue weighted by Gasteiger charge is -2.14. The van der Waals surface area contributed by atoms with Crippen molar-refractivity contribution in [1.29, 1.82) is 0 Å². The van der Waals surface area contributed by atoms with Crippen molar-refractivity contribution in [2.24, 2.45) is 15.0 Å². The predicted molar refractivity (Wildman–Crippen MR) is 75.2 cm³/mol. The third-order valence-electron chi connectivity index (χ3n) is 2.36. The van der Waals surface area contributed by atoms with Crippen molar-refractivity contribution in [1.82, 2.24) is 0 Å². The number of nitrogens with zero attached hydrogens (tertiary/aromatic N) is 3. The first kappa shape index (κ1) is 12.9. The molecule has 0 aromatic rings. The lowest BCUT2D eigenvalue weighted by Crippen LogP contribution is -2.18. The van der Waals surface area contributed by atoms with Crippen molar-refractivity contribution in [2.45, 2.75) is 13.8 Å². The first-order valence-electron chi connectivity index (χ1n) is 5.06. The Balaban J connectivity index is 3.27. The van der Waals surface area contributed by atoms with Gasteiger partial charge in [-0.1, -0.05) is 6.08 Å². The minimum absolute atomic E-state index is 0.871. The van der Waals surface area contributed by atoms with E-state index in [1.807, 2.05) is 32.3 Å². The average molecular weight is 235 g/mol. The second-order valence-corrected chi connectivity index (χ2v) is 4.38. The zero-order valence-corrected chi connectivity index (χ0v) is 11.2. The third-order valence-corrected chi connectivity index (χ3v) is 3.04. The van der Waals surface area contributed by atoms with Gasteiger partial charge in [0, 0.05) is 14.1 Å². The van der Waals surface area contributed by atoms with Gasteiger partial charge in [0.05, 0.1) is 16.5 Å². The molecule has 1 aliphatic carbocycles. The molecule has 0 N–H and O–H groups in total. The van der Waals surface area contributed by atoms with Crippen LogP contribution in [0.1, 0.15) is 13.8 Å². The quantitative estimate of drug-likeness (QED) is 0.391. The van der Waals surface area contributed by atoms with Crippen LogP contribution in [0, 0.1) is 0 Å². The second-order valence-electron chi connectivity index (χ2n) is 3.38. The van der Waals surface area contributed by atoms with Crippen molar-refractivity contribution in [2.75, 3.05) is 20.4 Å². The van der Waals surface area contributed by atoms with Gasteiger partial charge in [-0.05, 0) is 31.8 Å². The van der Waals surface area contributed by atoms with E-state index in [4.69, 9.17) is 0 Å². The summed E-state index contributed by atoms with van der Waals surface area (Å²) >= 11 is 1.64. The number of hydrogen-bond acceptors (Lipinski definition) is 4. The Morgan fingerprint density at radius 3 is 2.38 bits per heavy atom. The third kappa shape index (κ3) is 2.70. The van der Waals surface area contributed by atoms with Gasteiger partial charge >= 0.3 is 0 Å².